The lowest BCUT2D eigenvalue weighted by molar-refractivity contribution is -0.140. The predicted octanol–water partition coefficient (Wildman–Crippen LogP) is 2.93. The van der Waals surface area contributed by atoms with Gasteiger partial charge in [0.25, 0.3) is 0 Å². The van der Waals surface area contributed by atoms with Gasteiger partial charge in [0.15, 0.2) is 6.73 Å². The lowest BCUT2D eigenvalue weighted by Crippen LogP contribution is -2.22. The molecule has 0 fully saturated rings. The van der Waals surface area contributed by atoms with E-state index in [0.717, 1.165) is 11.4 Å². The molecule has 98 valence electrons. The van der Waals surface area contributed by atoms with Gasteiger partial charge in [-0.25, -0.2) is 0 Å². The van der Waals surface area contributed by atoms with E-state index in [0.29, 0.717) is 5.69 Å². The summed E-state index contributed by atoms with van der Waals surface area (Å²) in [7, 11) is 0. The average molecular weight is 256 g/mol. The summed E-state index contributed by atoms with van der Waals surface area (Å²) in [5.41, 5.74) is 8.25. The number of hydrogen-bond acceptors (Lipinski definition) is 4. The third-order valence-corrected chi connectivity index (χ3v) is 2.67. The fourth-order valence-electron chi connectivity index (χ4n) is 1.72. The monoisotopic (exact) mass is 256 g/mol. The Labute approximate surface area is 112 Å². The predicted molar refractivity (Wildman–Crippen MR) is 76.1 cm³/mol. The van der Waals surface area contributed by atoms with Gasteiger partial charge < -0.3 is 15.4 Å². The Morgan fingerprint density at radius 2 is 1.63 bits per heavy atom. The minimum Gasteiger partial charge on any atom is -0.444 e. The molecule has 4 nitrogen and oxygen atoms in total. The maximum Gasteiger partial charge on any atom is 0.304 e. The van der Waals surface area contributed by atoms with Gasteiger partial charge in [0.1, 0.15) is 0 Å². The van der Waals surface area contributed by atoms with Gasteiger partial charge in [0, 0.05) is 24.0 Å². The number of esters is 1. The molecule has 4 heteroatoms. The van der Waals surface area contributed by atoms with Gasteiger partial charge in [-0.05, 0) is 36.4 Å². The smallest absolute Gasteiger partial charge is 0.304 e. The molecule has 0 saturated carbocycles. The Kier molecular flexibility index (Phi) is 4.03. The number of rotatable bonds is 4. The highest BCUT2D eigenvalue weighted by Gasteiger charge is 2.10. The van der Waals surface area contributed by atoms with Crippen LogP contribution in [0, 0.1) is 0 Å². The maximum absolute atomic E-state index is 11.0. The minimum atomic E-state index is -0.309. The quantitative estimate of drug-likeness (QED) is 0.519. The zero-order chi connectivity index (χ0) is 13.7. The number of carbonyl (C=O) groups is 1. The molecule has 19 heavy (non-hydrogen) atoms. The number of para-hydroxylation sites is 1. The van der Waals surface area contributed by atoms with Crippen LogP contribution in [-0.2, 0) is 9.53 Å². The van der Waals surface area contributed by atoms with Crippen molar-refractivity contribution in [2.24, 2.45) is 0 Å². The largest absolute Gasteiger partial charge is 0.444 e. The molecule has 2 N–H and O–H groups in total. The number of carbonyl (C=O) groups excluding carboxylic acids is 1. The van der Waals surface area contributed by atoms with Crippen molar-refractivity contribution in [2.75, 3.05) is 17.4 Å². The van der Waals surface area contributed by atoms with Crippen LogP contribution in [0.5, 0.6) is 0 Å². The third kappa shape index (κ3) is 3.48. The Morgan fingerprint density at radius 1 is 1.05 bits per heavy atom. The summed E-state index contributed by atoms with van der Waals surface area (Å²) in [6.07, 6.45) is 0. The lowest BCUT2D eigenvalue weighted by Gasteiger charge is -2.24. The summed E-state index contributed by atoms with van der Waals surface area (Å²) in [6.45, 7) is 1.56. The van der Waals surface area contributed by atoms with Crippen LogP contribution in [0.25, 0.3) is 0 Å². The number of benzene rings is 2. The average Bonchev–Trinajstić information content (AvgIpc) is 2.42. The van der Waals surface area contributed by atoms with Gasteiger partial charge in [-0.15, -0.1) is 0 Å². The molecule has 0 radical (unpaired) electrons. The number of hydrogen-bond donors (Lipinski definition) is 1. The van der Waals surface area contributed by atoms with Crippen LogP contribution in [-0.4, -0.2) is 12.7 Å². The first-order chi connectivity index (χ1) is 9.16. The molecular formula is C15H16N2O2. The van der Waals surface area contributed by atoms with E-state index in [4.69, 9.17) is 10.5 Å². The second kappa shape index (κ2) is 5.91. The summed E-state index contributed by atoms with van der Waals surface area (Å²) in [5, 5.41) is 0. The van der Waals surface area contributed by atoms with Crippen molar-refractivity contribution >= 4 is 23.0 Å². The summed E-state index contributed by atoms with van der Waals surface area (Å²) in [6, 6.07) is 17.2. The minimum absolute atomic E-state index is 0.170. The van der Waals surface area contributed by atoms with Gasteiger partial charge in [-0.1, -0.05) is 18.2 Å². The molecule has 0 spiro atoms. The molecular weight excluding hydrogens is 240 g/mol. The van der Waals surface area contributed by atoms with E-state index in [1.165, 1.54) is 6.92 Å². The van der Waals surface area contributed by atoms with E-state index in [9.17, 15) is 4.79 Å². The second-order valence-electron chi connectivity index (χ2n) is 4.12. The van der Waals surface area contributed by atoms with Gasteiger partial charge >= 0.3 is 5.97 Å². The van der Waals surface area contributed by atoms with E-state index in [2.05, 4.69) is 0 Å². The first-order valence-electron chi connectivity index (χ1n) is 5.98. The fourth-order valence-corrected chi connectivity index (χ4v) is 1.72. The zero-order valence-corrected chi connectivity index (χ0v) is 10.7. The van der Waals surface area contributed by atoms with Crippen molar-refractivity contribution in [3.8, 4) is 0 Å². The van der Waals surface area contributed by atoms with Crippen LogP contribution in [0.3, 0.4) is 0 Å². The zero-order valence-electron chi connectivity index (χ0n) is 10.7. The molecule has 2 aromatic carbocycles. The molecule has 0 bridgehead atoms. The first-order valence-corrected chi connectivity index (χ1v) is 5.98. The summed E-state index contributed by atoms with van der Waals surface area (Å²) in [5.74, 6) is -0.309. The Morgan fingerprint density at radius 3 is 2.21 bits per heavy atom. The Hall–Kier alpha value is -2.49. The van der Waals surface area contributed by atoms with Gasteiger partial charge in [0.05, 0.1) is 0 Å². The van der Waals surface area contributed by atoms with Crippen LogP contribution in [0.15, 0.2) is 54.6 Å². The van der Waals surface area contributed by atoms with Crippen LogP contribution in [0.2, 0.25) is 0 Å². The molecule has 0 aliphatic carbocycles. The number of nitrogen functional groups attached to an aromatic ring is 1. The highest BCUT2D eigenvalue weighted by atomic mass is 16.5. The molecule has 0 aliphatic rings. The molecule has 0 aliphatic heterocycles. The van der Waals surface area contributed by atoms with Crippen molar-refractivity contribution in [1.82, 2.24) is 0 Å². The van der Waals surface area contributed by atoms with E-state index < -0.39 is 0 Å². The SMILES string of the molecule is CC(=O)OCN(c1ccccc1)c1ccc(N)cc1. The van der Waals surface area contributed by atoms with Gasteiger partial charge in [-0.2, -0.15) is 0 Å². The van der Waals surface area contributed by atoms with Crippen molar-refractivity contribution < 1.29 is 9.53 Å². The van der Waals surface area contributed by atoms with Crippen LogP contribution < -0.4 is 10.6 Å². The van der Waals surface area contributed by atoms with Crippen LogP contribution >= 0.6 is 0 Å². The fraction of sp³-hybridized carbons (Fsp3) is 0.133. The molecule has 0 heterocycles. The normalized spacial score (nSPS) is 9.95. The van der Waals surface area contributed by atoms with E-state index >= 15 is 0 Å². The molecule has 0 amide bonds. The Bertz CT molecular complexity index is 538. The third-order valence-electron chi connectivity index (χ3n) is 2.67. The number of ether oxygens (including phenoxy) is 1. The summed E-state index contributed by atoms with van der Waals surface area (Å²) < 4.78 is 5.10. The Balaban J connectivity index is 2.28. The van der Waals surface area contributed by atoms with Crippen LogP contribution in [0.1, 0.15) is 6.92 Å². The number of nitrogens with two attached hydrogens (primary N) is 1. The topological polar surface area (TPSA) is 55.6 Å². The molecule has 2 rings (SSSR count). The highest BCUT2D eigenvalue weighted by Crippen LogP contribution is 2.25. The van der Waals surface area contributed by atoms with Gasteiger partial charge in [-0.3, -0.25) is 4.79 Å². The summed E-state index contributed by atoms with van der Waals surface area (Å²) in [4.78, 5) is 12.9. The van der Waals surface area contributed by atoms with Crippen molar-refractivity contribution in [2.45, 2.75) is 6.92 Å². The standard InChI is InChI=1S/C15H16N2O2/c1-12(18)19-11-17(14-5-3-2-4-6-14)15-9-7-13(16)8-10-15/h2-10H,11,16H2,1H3. The van der Waals surface area contributed by atoms with Crippen molar-refractivity contribution in [1.29, 1.82) is 0 Å². The highest BCUT2D eigenvalue weighted by molar-refractivity contribution is 5.68. The molecule has 2 aromatic rings. The van der Waals surface area contributed by atoms with Gasteiger partial charge in [0.2, 0.25) is 0 Å². The second-order valence-corrected chi connectivity index (χ2v) is 4.12. The van der Waals surface area contributed by atoms with Crippen LogP contribution in [0.4, 0.5) is 17.1 Å². The first kappa shape index (κ1) is 13.0. The maximum atomic E-state index is 11.0. The lowest BCUT2D eigenvalue weighted by atomic mass is 10.2. The number of nitrogens with zero attached hydrogens (tertiary/aromatic N) is 1. The molecule has 0 unspecified atom stereocenters. The van der Waals surface area contributed by atoms with Crippen molar-refractivity contribution in [3.05, 3.63) is 54.6 Å². The van der Waals surface area contributed by atoms with E-state index in [-0.39, 0.29) is 12.7 Å². The van der Waals surface area contributed by atoms with E-state index in [1.807, 2.05) is 59.5 Å². The molecule has 0 saturated heterocycles. The number of anilines is 3. The van der Waals surface area contributed by atoms with E-state index in [1.54, 1.807) is 0 Å². The molecule has 0 aromatic heterocycles. The molecule has 0 atom stereocenters. The van der Waals surface area contributed by atoms with Crippen molar-refractivity contribution in [3.63, 3.8) is 0 Å². The summed E-state index contributed by atoms with van der Waals surface area (Å²) >= 11 is 0.